The van der Waals surface area contributed by atoms with Gasteiger partial charge in [0.2, 0.25) is 11.8 Å². The number of methoxy groups -OCH3 is 1. The molecule has 0 unspecified atom stereocenters. The lowest BCUT2D eigenvalue weighted by Gasteiger charge is -2.32. The van der Waals surface area contributed by atoms with E-state index in [1.807, 2.05) is 79.7 Å². The van der Waals surface area contributed by atoms with Gasteiger partial charge in [-0.15, -0.1) is 5.10 Å². The van der Waals surface area contributed by atoms with E-state index in [1.54, 1.807) is 16.7 Å². The van der Waals surface area contributed by atoms with Crippen molar-refractivity contribution in [2.24, 2.45) is 5.92 Å². The number of benzene rings is 3. The van der Waals surface area contributed by atoms with Gasteiger partial charge in [-0.2, -0.15) is 0 Å². The average Bonchev–Trinajstić information content (AvgIpc) is 3.32. The molecule has 198 valence electrons. The SMILES string of the molecule is COc1ccccc1CN(C(=O)Cn1nnc2ccccc21)[C@H](C(=O)NCCC(C)C)c1ccc(C)cc1. The molecule has 3 aromatic carbocycles. The van der Waals surface area contributed by atoms with Crippen molar-refractivity contribution in [1.29, 1.82) is 0 Å². The maximum atomic E-state index is 14.0. The number of hydrogen-bond acceptors (Lipinski definition) is 5. The summed E-state index contributed by atoms with van der Waals surface area (Å²) < 4.78 is 7.16. The first kappa shape index (κ1) is 26.9. The van der Waals surface area contributed by atoms with E-state index in [4.69, 9.17) is 4.74 Å². The highest BCUT2D eigenvalue weighted by atomic mass is 16.5. The smallest absolute Gasteiger partial charge is 0.247 e. The first-order valence-corrected chi connectivity index (χ1v) is 12.9. The number of rotatable bonds is 11. The van der Waals surface area contributed by atoms with Gasteiger partial charge in [0.05, 0.1) is 19.2 Å². The first-order chi connectivity index (χ1) is 18.4. The third kappa shape index (κ3) is 6.37. The minimum atomic E-state index is -0.838. The number of nitrogens with zero attached hydrogens (tertiary/aromatic N) is 4. The molecule has 4 aromatic rings. The van der Waals surface area contributed by atoms with Crippen molar-refractivity contribution >= 4 is 22.8 Å². The molecule has 4 rings (SSSR count). The minimum absolute atomic E-state index is 0.0582. The fraction of sp³-hybridized carbons (Fsp3) is 0.333. The second-order valence-corrected chi connectivity index (χ2v) is 9.86. The highest BCUT2D eigenvalue weighted by Gasteiger charge is 2.32. The second kappa shape index (κ2) is 12.4. The molecule has 1 atom stereocenters. The lowest BCUT2D eigenvalue weighted by molar-refractivity contribution is -0.142. The summed E-state index contributed by atoms with van der Waals surface area (Å²) in [6, 6.07) is 21.9. The third-order valence-corrected chi connectivity index (χ3v) is 6.53. The quantitative estimate of drug-likeness (QED) is 0.315. The maximum absolute atomic E-state index is 14.0. The van der Waals surface area contributed by atoms with Gasteiger partial charge in [0.25, 0.3) is 0 Å². The van der Waals surface area contributed by atoms with Gasteiger partial charge in [0.15, 0.2) is 0 Å². The number of carbonyl (C=O) groups is 2. The number of para-hydroxylation sites is 2. The molecule has 0 aliphatic carbocycles. The van der Waals surface area contributed by atoms with Crippen molar-refractivity contribution in [3.05, 3.63) is 89.5 Å². The van der Waals surface area contributed by atoms with E-state index in [1.165, 1.54) is 0 Å². The van der Waals surface area contributed by atoms with Gasteiger partial charge in [-0.3, -0.25) is 9.59 Å². The summed E-state index contributed by atoms with van der Waals surface area (Å²) >= 11 is 0. The molecule has 38 heavy (non-hydrogen) atoms. The van der Waals surface area contributed by atoms with Crippen LogP contribution < -0.4 is 10.1 Å². The molecule has 1 N–H and O–H groups in total. The predicted molar refractivity (Wildman–Crippen MR) is 147 cm³/mol. The van der Waals surface area contributed by atoms with Gasteiger partial charge in [-0.1, -0.05) is 79.2 Å². The summed E-state index contributed by atoms with van der Waals surface area (Å²) in [5, 5.41) is 11.5. The average molecular weight is 514 g/mol. The minimum Gasteiger partial charge on any atom is -0.496 e. The lowest BCUT2D eigenvalue weighted by Crippen LogP contribution is -2.45. The molecule has 0 fully saturated rings. The van der Waals surface area contributed by atoms with Gasteiger partial charge >= 0.3 is 0 Å². The molecule has 0 radical (unpaired) electrons. The summed E-state index contributed by atoms with van der Waals surface area (Å²) in [4.78, 5) is 29.4. The molecule has 1 heterocycles. The molecule has 0 spiro atoms. The number of fused-ring (bicyclic) bond motifs is 1. The van der Waals surface area contributed by atoms with Crippen LogP contribution >= 0.6 is 0 Å². The fourth-order valence-electron chi connectivity index (χ4n) is 4.40. The molecule has 0 saturated heterocycles. The number of hydrogen-bond donors (Lipinski definition) is 1. The van der Waals surface area contributed by atoms with Crippen LogP contribution in [0.25, 0.3) is 11.0 Å². The highest BCUT2D eigenvalue weighted by molar-refractivity contribution is 5.89. The Morgan fingerprint density at radius 3 is 2.45 bits per heavy atom. The summed E-state index contributed by atoms with van der Waals surface area (Å²) in [5.41, 5.74) is 4.08. The molecule has 1 aromatic heterocycles. The summed E-state index contributed by atoms with van der Waals surface area (Å²) in [6.45, 7) is 6.88. The predicted octanol–water partition coefficient (Wildman–Crippen LogP) is 4.68. The van der Waals surface area contributed by atoms with Gasteiger partial charge in [0, 0.05) is 12.1 Å². The Hall–Kier alpha value is -4.20. The Labute approximate surface area is 223 Å². The Morgan fingerprint density at radius 2 is 1.71 bits per heavy atom. The number of ether oxygens (including phenoxy) is 1. The van der Waals surface area contributed by atoms with Gasteiger partial charge in [-0.05, 0) is 43.0 Å². The summed E-state index contributed by atoms with van der Waals surface area (Å²) in [5.74, 6) is 0.622. The molecular formula is C30H35N5O3. The summed E-state index contributed by atoms with van der Waals surface area (Å²) in [6.07, 6.45) is 0.845. The van der Waals surface area contributed by atoms with Gasteiger partial charge in [-0.25, -0.2) is 4.68 Å². The number of carbonyl (C=O) groups excluding carboxylic acids is 2. The zero-order valence-electron chi connectivity index (χ0n) is 22.4. The van der Waals surface area contributed by atoms with Crippen LogP contribution in [0.1, 0.15) is 43.0 Å². The number of amides is 2. The van der Waals surface area contributed by atoms with Crippen LogP contribution in [0, 0.1) is 12.8 Å². The largest absolute Gasteiger partial charge is 0.496 e. The van der Waals surface area contributed by atoms with E-state index < -0.39 is 6.04 Å². The molecule has 0 aliphatic heterocycles. The molecule has 2 amide bonds. The molecule has 8 nitrogen and oxygen atoms in total. The van der Waals surface area contributed by atoms with Crippen LogP contribution in [0.2, 0.25) is 0 Å². The summed E-state index contributed by atoms with van der Waals surface area (Å²) in [7, 11) is 1.60. The maximum Gasteiger partial charge on any atom is 0.247 e. The van der Waals surface area contributed by atoms with Crippen LogP contribution in [-0.2, 0) is 22.7 Å². The van der Waals surface area contributed by atoms with E-state index in [2.05, 4.69) is 29.5 Å². The molecular weight excluding hydrogens is 478 g/mol. The second-order valence-electron chi connectivity index (χ2n) is 9.86. The van der Waals surface area contributed by atoms with Crippen LogP contribution in [0.5, 0.6) is 5.75 Å². The van der Waals surface area contributed by atoms with Crippen molar-refractivity contribution in [1.82, 2.24) is 25.2 Å². The Balaban J connectivity index is 1.74. The highest BCUT2D eigenvalue weighted by Crippen LogP contribution is 2.28. The fourth-order valence-corrected chi connectivity index (χ4v) is 4.40. The van der Waals surface area contributed by atoms with Crippen molar-refractivity contribution in [3.63, 3.8) is 0 Å². The van der Waals surface area contributed by atoms with Crippen molar-refractivity contribution in [2.75, 3.05) is 13.7 Å². The standard InChI is InChI=1S/C30H35N5O3/c1-21(2)17-18-31-30(37)29(23-15-13-22(3)14-16-23)34(19-24-9-5-8-12-27(24)38-4)28(36)20-35-26-11-7-6-10-25(26)32-33-35/h5-16,21,29H,17-20H2,1-4H3,(H,31,37)/t29-/m0/s1. The molecule has 0 saturated carbocycles. The third-order valence-electron chi connectivity index (χ3n) is 6.53. The topological polar surface area (TPSA) is 89.3 Å². The van der Waals surface area contributed by atoms with Crippen LogP contribution in [0.3, 0.4) is 0 Å². The number of aromatic nitrogens is 3. The Bertz CT molecular complexity index is 1380. The van der Waals surface area contributed by atoms with E-state index in [0.717, 1.165) is 28.6 Å². The van der Waals surface area contributed by atoms with E-state index in [-0.39, 0.29) is 24.9 Å². The van der Waals surface area contributed by atoms with E-state index >= 15 is 0 Å². The Kier molecular flexibility index (Phi) is 8.73. The zero-order valence-corrected chi connectivity index (χ0v) is 22.4. The van der Waals surface area contributed by atoms with Crippen LogP contribution in [0.15, 0.2) is 72.8 Å². The Morgan fingerprint density at radius 1 is 1.00 bits per heavy atom. The van der Waals surface area contributed by atoms with Crippen molar-refractivity contribution < 1.29 is 14.3 Å². The number of nitrogens with one attached hydrogen (secondary N) is 1. The molecule has 0 aliphatic rings. The van der Waals surface area contributed by atoms with Crippen molar-refractivity contribution in [2.45, 2.75) is 46.3 Å². The number of aryl methyl sites for hydroxylation is 1. The van der Waals surface area contributed by atoms with E-state index in [9.17, 15) is 9.59 Å². The van der Waals surface area contributed by atoms with Gasteiger partial charge in [0.1, 0.15) is 23.9 Å². The molecule has 0 bridgehead atoms. The van der Waals surface area contributed by atoms with Gasteiger partial charge < -0.3 is 15.0 Å². The first-order valence-electron chi connectivity index (χ1n) is 12.9. The molecule has 8 heteroatoms. The van der Waals surface area contributed by atoms with Crippen LogP contribution in [-0.4, -0.2) is 45.4 Å². The normalized spacial score (nSPS) is 11.9. The zero-order chi connectivity index (χ0) is 27.1. The van der Waals surface area contributed by atoms with E-state index in [0.29, 0.717) is 23.7 Å². The lowest BCUT2D eigenvalue weighted by atomic mass is 10.0. The van der Waals surface area contributed by atoms with Crippen molar-refractivity contribution in [3.8, 4) is 5.75 Å². The monoisotopic (exact) mass is 513 g/mol. The van der Waals surface area contributed by atoms with Crippen LogP contribution in [0.4, 0.5) is 0 Å².